The van der Waals surface area contributed by atoms with Gasteiger partial charge in [-0.05, 0) is 38.0 Å². The molecular weight excluding hydrogens is 288 g/mol. The summed E-state index contributed by atoms with van der Waals surface area (Å²) < 4.78 is 1.85. The molecule has 1 aliphatic heterocycles. The van der Waals surface area contributed by atoms with E-state index in [1.807, 2.05) is 37.0 Å². The van der Waals surface area contributed by atoms with Crippen LogP contribution in [0.15, 0.2) is 36.7 Å². The molecule has 1 aliphatic rings. The molecule has 1 aromatic carbocycles. The summed E-state index contributed by atoms with van der Waals surface area (Å²) in [6.45, 7) is 5.48. The molecule has 0 aliphatic carbocycles. The highest BCUT2D eigenvalue weighted by atomic mass is 16.2. The summed E-state index contributed by atoms with van der Waals surface area (Å²) in [5, 5.41) is 4.19. The van der Waals surface area contributed by atoms with Crippen LogP contribution in [-0.4, -0.2) is 47.3 Å². The molecule has 1 amide bonds. The molecule has 1 fully saturated rings. The Kier molecular flexibility index (Phi) is 4.65. The van der Waals surface area contributed by atoms with Crippen molar-refractivity contribution in [1.82, 2.24) is 14.7 Å². The topological polar surface area (TPSA) is 41.4 Å². The number of aromatic nitrogens is 2. The molecule has 5 heteroatoms. The number of carbonyl (C=O) groups is 1. The van der Waals surface area contributed by atoms with Crippen LogP contribution in [0.5, 0.6) is 0 Å². The number of likely N-dealkylation sites (N-methyl/N-ethyl adjacent to an activating group) is 1. The number of anilines is 1. The second-order valence-corrected chi connectivity index (χ2v) is 6.21. The van der Waals surface area contributed by atoms with Gasteiger partial charge >= 0.3 is 0 Å². The SMILES string of the molecule is Cc1ccc(N2CCCC2)c(C(=O)N(C)CCn2cccn2)c1. The van der Waals surface area contributed by atoms with Gasteiger partial charge in [0, 0.05) is 44.8 Å². The van der Waals surface area contributed by atoms with E-state index in [9.17, 15) is 4.79 Å². The highest BCUT2D eigenvalue weighted by Crippen LogP contribution is 2.26. The second-order valence-electron chi connectivity index (χ2n) is 6.21. The quantitative estimate of drug-likeness (QED) is 0.852. The minimum atomic E-state index is 0.0859. The van der Waals surface area contributed by atoms with Gasteiger partial charge in [-0.3, -0.25) is 9.48 Å². The van der Waals surface area contributed by atoms with Crippen LogP contribution in [0.3, 0.4) is 0 Å². The first-order valence-electron chi connectivity index (χ1n) is 8.23. The molecule has 122 valence electrons. The molecule has 1 saturated heterocycles. The molecule has 0 atom stereocenters. The average Bonchev–Trinajstić information content (AvgIpc) is 3.25. The number of aryl methyl sites for hydroxylation is 1. The molecule has 0 saturated carbocycles. The molecule has 23 heavy (non-hydrogen) atoms. The predicted octanol–water partition coefficient (Wildman–Crippen LogP) is 2.56. The van der Waals surface area contributed by atoms with Gasteiger partial charge in [0.15, 0.2) is 0 Å². The van der Waals surface area contributed by atoms with E-state index in [4.69, 9.17) is 0 Å². The van der Waals surface area contributed by atoms with Gasteiger partial charge in [-0.25, -0.2) is 0 Å². The lowest BCUT2D eigenvalue weighted by atomic mass is 10.1. The highest BCUT2D eigenvalue weighted by Gasteiger charge is 2.21. The lowest BCUT2D eigenvalue weighted by Crippen LogP contribution is -2.32. The van der Waals surface area contributed by atoms with Crippen LogP contribution >= 0.6 is 0 Å². The van der Waals surface area contributed by atoms with Crippen molar-refractivity contribution in [2.24, 2.45) is 0 Å². The summed E-state index contributed by atoms with van der Waals surface area (Å²) in [4.78, 5) is 17.0. The van der Waals surface area contributed by atoms with Crippen molar-refractivity contribution < 1.29 is 4.79 Å². The smallest absolute Gasteiger partial charge is 0.255 e. The van der Waals surface area contributed by atoms with E-state index in [1.165, 1.54) is 12.8 Å². The maximum atomic E-state index is 12.9. The van der Waals surface area contributed by atoms with Gasteiger partial charge in [0.25, 0.3) is 5.91 Å². The third-order valence-corrected chi connectivity index (χ3v) is 4.40. The van der Waals surface area contributed by atoms with Gasteiger partial charge in [0.05, 0.1) is 12.1 Å². The minimum Gasteiger partial charge on any atom is -0.371 e. The highest BCUT2D eigenvalue weighted by molar-refractivity contribution is 6.00. The zero-order valence-electron chi connectivity index (χ0n) is 13.9. The van der Waals surface area contributed by atoms with Crippen molar-refractivity contribution in [2.45, 2.75) is 26.3 Å². The summed E-state index contributed by atoms with van der Waals surface area (Å²) in [5.74, 6) is 0.0859. The zero-order chi connectivity index (χ0) is 16.2. The number of benzene rings is 1. The normalized spacial score (nSPS) is 14.3. The molecule has 0 bridgehead atoms. The minimum absolute atomic E-state index is 0.0859. The van der Waals surface area contributed by atoms with Gasteiger partial charge in [0.1, 0.15) is 0 Å². The lowest BCUT2D eigenvalue weighted by Gasteiger charge is -2.24. The van der Waals surface area contributed by atoms with Crippen molar-refractivity contribution in [3.8, 4) is 0 Å². The van der Waals surface area contributed by atoms with Crippen molar-refractivity contribution in [3.63, 3.8) is 0 Å². The Hall–Kier alpha value is -2.30. The van der Waals surface area contributed by atoms with E-state index >= 15 is 0 Å². The van der Waals surface area contributed by atoms with Crippen LogP contribution in [0, 0.1) is 6.92 Å². The molecule has 0 spiro atoms. The third kappa shape index (κ3) is 3.55. The molecule has 3 rings (SSSR count). The Balaban J connectivity index is 1.76. The van der Waals surface area contributed by atoms with Crippen LogP contribution in [0.1, 0.15) is 28.8 Å². The standard InChI is InChI=1S/C18H24N4O/c1-15-6-7-17(21-9-3-4-10-21)16(14-15)18(23)20(2)12-13-22-11-5-8-19-22/h5-8,11,14H,3-4,9-10,12-13H2,1-2H3. The van der Waals surface area contributed by atoms with E-state index in [0.717, 1.165) is 29.9 Å². The van der Waals surface area contributed by atoms with E-state index in [-0.39, 0.29) is 5.91 Å². The number of nitrogens with zero attached hydrogens (tertiary/aromatic N) is 4. The van der Waals surface area contributed by atoms with Crippen LogP contribution in [0.4, 0.5) is 5.69 Å². The monoisotopic (exact) mass is 312 g/mol. The van der Waals surface area contributed by atoms with Crippen LogP contribution in [0.2, 0.25) is 0 Å². The maximum absolute atomic E-state index is 12.9. The summed E-state index contributed by atoms with van der Waals surface area (Å²) in [7, 11) is 1.86. The van der Waals surface area contributed by atoms with Gasteiger partial charge < -0.3 is 9.80 Å². The molecule has 2 aromatic rings. The first-order valence-corrected chi connectivity index (χ1v) is 8.23. The Morgan fingerprint density at radius 3 is 2.78 bits per heavy atom. The van der Waals surface area contributed by atoms with Gasteiger partial charge in [-0.15, -0.1) is 0 Å². The summed E-state index contributed by atoms with van der Waals surface area (Å²) in [6.07, 6.45) is 6.09. The van der Waals surface area contributed by atoms with E-state index in [1.54, 1.807) is 11.1 Å². The summed E-state index contributed by atoms with van der Waals surface area (Å²) >= 11 is 0. The first kappa shape index (κ1) is 15.6. The van der Waals surface area contributed by atoms with Crippen molar-refractivity contribution >= 4 is 11.6 Å². The summed E-state index contributed by atoms with van der Waals surface area (Å²) in [6, 6.07) is 8.09. The van der Waals surface area contributed by atoms with E-state index in [0.29, 0.717) is 13.1 Å². The predicted molar refractivity (Wildman–Crippen MR) is 91.8 cm³/mol. The molecule has 0 N–H and O–H groups in total. The molecular formula is C18H24N4O. The number of carbonyl (C=O) groups excluding carboxylic acids is 1. The molecule has 2 heterocycles. The van der Waals surface area contributed by atoms with E-state index in [2.05, 4.69) is 22.1 Å². The fourth-order valence-electron chi connectivity index (χ4n) is 3.05. The van der Waals surface area contributed by atoms with Crippen LogP contribution in [0.25, 0.3) is 0 Å². The molecule has 0 unspecified atom stereocenters. The first-order chi connectivity index (χ1) is 11.1. The van der Waals surface area contributed by atoms with Crippen LogP contribution < -0.4 is 4.90 Å². The number of rotatable bonds is 5. The lowest BCUT2D eigenvalue weighted by molar-refractivity contribution is 0.0789. The Morgan fingerprint density at radius 2 is 2.09 bits per heavy atom. The van der Waals surface area contributed by atoms with Crippen molar-refractivity contribution in [1.29, 1.82) is 0 Å². The third-order valence-electron chi connectivity index (χ3n) is 4.40. The fourth-order valence-corrected chi connectivity index (χ4v) is 3.05. The van der Waals surface area contributed by atoms with Crippen molar-refractivity contribution in [3.05, 3.63) is 47.8 Å². The molecule has 5 nitrogen and oxygen atoms in total. The molecule has 0 radical (unpaired) electrons. The van der Waals surface area contributed by atoms with Gasteiger partial charge in [-0.2, -0.15) is 5.10 Å². The zero-order valence-corrected chi connectivity index (χ0v) is 13.9. The van der Waals surface area contributed by atoms with Gasteiger partial charge in [0.2, 0.25) is 0 Å². The second kappa shape index (κ2) is 6.86. The number of amides is 1. The number of hydrogen-bond donors (Lipinski definition) is 0. The Morgan fingerprint density at radius 1 is 1.30 bits per heavy atom. The molecule has 1 aromatic heterocycles. The Labute approximate surface area is 137 Å². The summed E-state index contributed by atoms with van der Waals surface area (Å²) in [5.41, 5.74) is 3.01. The maximum Gasteiger partial charge on any atom is 0.255 e. The van der Waals surface area contributed by atoms with E-state index < -0.39 is 0 Å². The average molecular weight is 312 g/mol. The largest absolute Gasteiger partial charge is 0.371 e. The van der Waals surface area contributed by atoms with Crippen molar-refractivity contribution in [2.75, 3.05) is 31.6 Å². The van der Waals surface area contributed by atoms with Crippen LogP contribution in [-0.2, 0) is 6.54 Å². The fraction of sp³-hybridized carbons (Fsp3) is 0.444. The number of hydrogen-bond acceptors (Lipinski definition) is 3. The Bertz CT molecular complexity index is 660. The van der Waals surface area contributed by atoms with Gasteiger partial charge in [-0.1, -0.05) is 11.6 Å².